The van der Waals surface area contributed by atoms with Gasteiger partial charge in [0, 0.05) is 23.7 Å². The normalized spacial score (nSPS) is 12.3. The highest BCUT2D eigenvalue weighted by atomic mass is 35.5. The van der Waals surface area contributed by atoms with Gasteiger partial charge in [0.15, 0.2) is 0 Å². The minimum absolute atomic E-state index is 0.420. The van der Waals surface area contributed by atoms with Crippen molar-refractivity contribution in [2.24, 2.45) is 5.92 Å². The van der Waals surface area contributed by atoms with E-state index in [4.69, 9.17) is 11.6 Å². The molecule has 4 nitrogen and oxygen atoms in total. The molecule has 112 valence electrons. The first kappa shape index (κ1) is 15.6. The highest BCUT2D eigenvalue weighted by Gasteiger charge is 2.21. The zero-order chi connectivity index (χ0) is 15.4. The molecule has 0 radical (unpaired) electrons. The van der Waals surface area contributed by atoms with E-state index < -0.39 is 11.9 Å². The summed E-state index contributed by atoms with van der Waals surface area (Å²) in [5.41, 5.74) is 2.73. The van der Waals surface area contributed by atoms with Gasteiger partial charge in [-0.15, -0.1) is 0 Å². The molecule has 0 bridgehead atoms. The molecule has 0 aliphatic rings. The molecule has 0 saturated heterocycles. The zero-order valence-electron chi connectivity index (χ0n) is 12.2. The first-order valence-corrected chi connectivity index (χ1v) is 7.38. The Kier molecular flexibility index (Phi) is 5.02. The number of carboxylic acid groups (broad SMARTS) is 1. The van der Waals surface area contributed by atoms with Gasteiger partial charge in [0.05, 0.1) is 11.6 Å². The van der Waals surface area contributed by atoms with E-state index in [1.165, 1.54) is 0 Å². The third-order valence-corrected chi connectivity index (χ3v) is 3.88. The number of aromatic nitrogens is 2. The number of aliphatic carboxylic acids is 1. The average molecular weight is 307 g/mol. The number of carboxylic acids is 1. The van der Waals surface area contributed by atoms with E-state index in [2.05, 4.69) is 5.10 Å². The van der Waals surface area contributed by atoms with E-state index >= 15 is 0 Å². The van der Waals surface area contributed by atoms with Crippen molar-refractivity contribution in [2.75, 3.05) is 0 Å². The summed E-state index contributed by atoms with van der Waals surface area (Å²) in [7, 11) is 0. The van der Waals surface area contributed by atoms with Gasteiger partial charge in [-0.05, 0) is 38.0 Å². The van der Waals surface area contributed by atoms with Crippen LogP contribution >= 0.6 is 11.6 Å². The summed E-state index contributed by atoms with van der Waals surface area (Å²) in [5, 5.41) is 14.5. The Morgan fingerprint density at radius 1 is 1.38 bits per heavy atom. The molecule has 1 aromatic heterocycles. The van der Waals surface area contributed by atoms with Crippen LogP contribution in [0.25, 0.3) is 0 Å². The van der Waals surface area contributed by atoms with Crippen LogP contribution in [0.5, 0.6) is 0 Å². The van der Waals surface area contributed by atoms with Crippen molar-refractivity contribution in [2.45, 2.75) is 33.2 Å². The Bertz CT molecular complexity index is 637. The molecule has 0 saturated carbocycles. The fraction of sp³-hybridized carbons (Fsp3) is 0.375. The molecular formula is C16H19ClN2O2. The van der Waals surface area contributed by atoms with Crippen molar-refractivity contribution in [3.63, 3.8) is 0 Å². The Labute approximate surface area is 129 Å². The van der Waals surface area contributed by atoms with Gasteiger partial charge < -0.3 is 5.11 Å². The SMILES string of the molecule is CCn1nc(C)cc1CC(Cc1ccccc1Cl)C(=O)O. The standard InChI is InChI=1S/C16H19ClN2O2/c1-3-19-14(8-11(2)18-19)10-13(16(20)21)9-12-6-4-5-7-15(12)17/h4-8,13H,3,9-10H2,1-2H3,(H,20,21). The van der Waals surface area contributed by atoms with E-state index in [0.29, 0.717) is 17.9 Å². The lowest BCUT2D eigenvalue weighted by Crippen LogP contribution is -2.21. The summed E-state index contributed by atoms with van der Waals surface area (Å²) in [4.78, 5) is 11.6. The molecule has 0 fully saturated rings. The third-order valence-electron chi connectivity index (χ3n) is 3.51. The van der Waals surface area contributed by atoms with Crippen LogP contribution in [0.15, 0.2) is 30.3 Å². The molecule has 5 heteroatoms. The van der Waals surface area contributed by atoms with E-state index in [1.54, 1.807) is 6.07 Å². The smallest absolute Gasteiger partial charge is 0.307 e. The van der Waals surface area contributed by atoms with Gasteiger partial charge in [-0.3, -0.25) is 9.48 Å². The molecule has 0 spiro atoms. The Hall–Kier alpha value is -1.81. The van der Waals surface area contributed by atoms with Crippen LogP contribution in [-0.4, -0.2) is 20.9 Å². The number of hydrogen-bond donors (Lipinski definition) is 1. The molecule has 2 rings (SSSR count). The highest BCUT2D eigenvalue weighted by molar-refractivity contribution is 6.31. The number of carbonyl (C=O) groups is 1. The highest BCUT2D eigenvalue weighted by Crippen LogP contribution is 2.21. The van der Waals surface area contributed by atoms with Crippen LogP contribution < -0.4 is 0 Å². The second-order valence-electron chi connectivity index (χ2n) is 5.13. The molecule has 1 N–H and O–H groups in total. The lowest BCUT2D eigenvalue weighted by atomic mass is 9.94. The van der Waals surface area contributed by atoms with Gasteiger partial charge in [0.1, 0.15) is 0 Å². The van der Waals surface area contributed by atoms with Crippen LogP contribution in [0.2, 0.25) is 5.02 Å². The maximum absolute atomic E-state index is 11.6. The van der Waals surface area contributed by atoms with Crippen molar-refractivity contribution in [3.05, 3.63) is 52.3 Å². The van der Waals surface area contributed by atoms with Gasteiger partial charge in [-0.2, -0.15) is 5.10 Å². The van der Waals surface area contributed by atoms with Crippen molar-refractivity contribution < 1.29 is 9.90 Å². The summed E-state index contributed by atoms with van der Waals surface area (Å²) >= 11 is 6.13. The molecule has 0 aliphatic heterocycles. The Morgan fingerprint density at radius 2 is 2.10 bits per heavy atom. The van der Waals surface area contributed by atoms with Crippen LogP contribution in [0, 0.1) is 12.8 Å². The lowest BCUT2D eigenvalue weighted by molar-refractivity contribution is -0.141. The largest absolute Gasteiger partial charge is 0.481 e. The van der Waals surface area contributed by atoms with Crippen LogP contribution in [-0.2, 0) is 24.2 Å². The molecule has 1 unspecified atom stereocenters. The maximum Gasteiger partial charge on any atom is 0.307 e. The molecule has 0 aliphatic carbocycles. The second-order valence-corrected chi connectivity index (χ2v) is 5.53. The van der Waals surface area contributed by atoms with Crippen molar-refractivity contribution >= 4 is 17.6 Å². The predicted molar refractivity (Wildman–Crippen MR) is 82.6 cm³/mol. The number of aryl methyl sites for hydroxylation is 2. The number of hydrogen-bond acceptors (Lipinski definition) is 2. The number of rotatable bonds is 6. The molecule has 1 atom stereocenters. The van der Waals surface area contributed by atoms with Gasteiger partial charge in [0.2, 0.25) is 0 Å². The maximum atomic E-state index is 11.6. The van der Waals surface area contributed by atoms with E-state index in [0.717, 1.165) is 23.5 Å². The quantitative estimate of drug-likeness (QED) is 0.890. The summed E-state index contributed by atoms with van der Waals surface area (Å²) in [6.45, 7) is 4.65. The summed E-state index contributed by atoms with van der Waals surface area (Å²) in [6, 6.07) is 9.33. The summed E-state index contributed by atoms with van der Waals surface area (Å²) < 4.78 is 1.86. The molecular weight excluding hydrogens is 288 g/mol. The molecule has 1 heterocycles. The molecule has 2 aromatic rings. The molecule has 1 aromatic carbocycles. The van der Waals surface area contributed by atoms with E-state index in [9.17, 15) is 9.90 Å². The first-order valence-electron chi connectivity index (χ1n) is 7.00. The fourth-order valence-corrected chi connectivity index (χ4v) is 2.68. The monoisotopic (exact) mass is 306 g/mol. The van der Waals surface area contributed by atoms with Crippen molar-refractivity contribution in [1.82, 2.24) is 9.78 Å². The summed E-state index contributed by atoms with van der Waals surface area (Å²) in [6.07, 6.45) is 0.873. The van der Waals surface area contributed by atoms with Gasteiger partial charge >= 0.3 is 5.97 Å². The minimum atomic E-state index is -0.809. The Morgan fingerprint density at radius 3 is 2.71 bits per heavy atom. The van der Waals surface area contributed by atoms with Gasteiger partial charge in [0.25, 0.3) is 0 Å². The van der Waals surface area contributed by atoms with Crippen molar-refractivity contribution in [3.8, 4) is 0 Å². The van der Waals surface area contributed by atoms with Gasteiger partial charge in [-0.25, -0.2) is 0 Å². The lowest BCUT2D eigenvalue weighted by Gasteiger charge is -2.14. The molecule has 21 heavy (non-hydrogen) atoms. The van der Waals surface area contributed by atoms with Crippen LogP contribution in [0.3, 0.4) is 0 Å². The fourth-order valence-electron chi connectivity index (χ4n) is 2.47. The number of halogens is 1. The predicted octanol–water partition coefficient (Wildman–Crippen LogP) is 3.35. The zero-order valence-corrected chi connectivity index (χ0v) is 13.0. The third kappa shape index (κ3) is 3.85. The average Bonchev–Trinajstić information content (AvgIpc) is 2.80. The number of nitrogens with zero attached hydrogens (tertiary/aromatic N) is 2. The second kappa shape index (κ2) is 6.76. The van der Waals surface area contributed by atoms with Crippen LogP contribution in [0.4, 0.5) is 0 Å². The topological polar surface area (TPSA) is 55.1 Å². The van der Waals surface area contributed by atoms with Gasteiger partial charge in [-0.1, -0.05) is 29.8 Å². The molecule has 0 amide bonds. The summed E-state index contributed by atoms with van der Waals surface area (Å²) in [5.74, 6) is -1.32. The van der Waals surface area contributed by atoms with Crippen molar-refractivity contribution in [1.29, 1.82) is 0 Å². The Balaban J connectivity index is 2.20. The first-order chi connectivity index (χ1) is 10.0. The van der Waals surface area contributed by atoms with Crippen LogP contribution in [0.1, 0.15) is 23.9 Å². The van der Waals surface area contributed by atoms with E-state index in [1.807, 2.05) is 42.8 Å². The number of benzene rings is 1. The van der Waals surface area contributed by atoms with E-state index in [-0.39, 0.29) is 0 Å². The minimum Gasteiger partial charge on any atom is -0.481 e.